The second-order valence-corrected chi connectivity index (χ2v) is 25.1. The summed E-state index contributed by atoms with van der Waals surface area (Å²) in [7, 11) is 0. The first-order valence-electron chi connectivity index (χ1n) is 33.0. The second kappa shape index (κ2) is 21.3. The van der Waals surface area contributed by atoms with Crippen molar-refractivity contribution in [3.8, 4) is 45.3 Å². The van der Waals surface area contributed by atoms with Crippen molar-refractivity contribution in [3.63, 3.8) is 0 Å². The maximum absolute atomic E-state index is 2.46. The Morgan fingerprint density at radius 1 is 0.125 bits per heavy atom. The molecule has 0 radical (unpaired) electrons. The number of nitrogens with zero attached hydrogens (tertiary/aromatic N) is 6. The molecule has 0 amide bonds. The lowest BCUT2D eigenvalue weighted by Crippen LogP contribution is -1.97. The average molecular weight is 1220 g/mol. The molecule has 0 saturated carbocycles. The van der Waals surface area contributed by atoms with Crippen LogP contribution in [0.4, 0.5) is 0 Å². The molecule has 6 heteroatoms. The molecule has 0 atom stereocenters. The molecular formula is C90H58N6. The zero-order chi connectivity index (χ0) is 63.0. The lowest BCUT2D eigenvalue weighted by molar-refractivity contribution is 1.14. The van der Waals surface area contributed by atoms with Crippen LogP contribution >= 0.6 is 0 Å². The van der Waals surface area contributed by atoms with Crippen molar-refractivity contribution < 1.29 is 0 Å². The van der Waals surface area contributed by atoms with Crippen molar-refractivity contribution in [1.29, 1.82) is 0 Å². The Hall–Kier alpha value is -12.9. The monoisotopic (exact) mass is 1220 g/mol. The smallest absolute Gasteiger partial charge is 0.0641 e. The number of fused-ring (bicyclic) bond motifs is 20. The summed E-state index contributed by atoms with van der Waals surface area (Å²) in [6.45, 7) is 0. The zero-order valence-corrected chi connectivity index (χ0v) is 52.2. The maximum Gasteiger partial charge on any atom is 0.0641 e. The van der Waals surface area contributed by atoms with E-state index in [1.54, 1.807) is 0 Å². The van der Waals surface area contributed by atoms with Gasteiger partial charge in [-0.05, 0) is 145 Å². The van der Waals surface area contributed by atoms with E-state index < -0.39 is 0 Å². The molecule has 0 aliphatic carbocycles. The third kappa shape index (κ3) is 8.00. The minimum absolute atomic E-state index is 1.14. The van der Waals surface area contributed by atoms with E-state index >= 15 is 0 Å². The summed E-state index contributed by atoms with van der Waals surface area (Å²) in [5, 5.41) is 15.2. The van der Waals surface area contributed by atoms with E-state index in [1.807, 2.05) is 0 Å². The molecule has 0 saturated heterocycles. The first-order valence-corrected chi connectivity index (χ1v) is 33.0. The summed E-state index contributed by atoms with van der Waals surface area (Å²) in [4.78, 5) is 0. The van der Waals surface area contributed by atoms with E-state index in [-0.39, 0.29) is 0 Å². The number of para-hydroxylation sites is 9. The van der Waals surface area contributed by atoms with Crippen LogP contribution in [0.2, 0.25) is 0 Å². The second-order valence-electron chi connectivity index (χ2n) is 25.1. The molecule has 6 heterocycles. The molecular weight excluding hydrogens is 1170 g/mol. The molecule has 21 aromatic rings. The summed E-state index contributed by atoms with van der Waals surface area (Å²) in [5.41, 5.74) is 23.9. The summed E-state index contributed by atoms with van der Waals surface area (Å²) in [5.74, 6) is 0. The van der Waals surface area contributed by atoms with Gasteiger partial charge in [0.15, 0.2) is 0 Å². The van der Waals surface area contributed by atoms with Crippen LogP contribution in [-0.4, -0.2) is 27.4 Å². The van der Waals surface area contributed by atoms with Crippen molar-refractivity contribution >= 4 is 131 Å². The average Bonchev–Trinajstić information content (AvgIpc) is 1.52. The molecule has 0 bridgehead atoms. The van der Waals surface area contributed by atoms with Gasteiger partial charge in [-0.3, -0.25) is 0 Å². The highest BCUT2D eigenvalue weighted by molar-refractivity contribution is 6.28. The van der Waals surface area contributed by atoms with Gasteiger partial charge in [-0.1, -0.05) is 218 Å². The topological polar surface area (TPSA) is 29.6 Å². The van der Waals surface area contributed by atoms with Crippen LogP contribution in [0.1, 0.15) is 0 Å². The fourth-order valence-electron chi connectivity index (χ4n) is 16.0. The first-order chi connectivity index (χ1) is 47.7. The Kier molecular flexibility index (Phi) is 11.9. The SMILES string of the molecule is c1ccc(-c2ccc(-n3c4ccccc4c4ccc5c(c6ccccc6n5-c5ccc(-n6c7ccccc7c7ccccc76)cc5)c43)cc2)cc1.c1ccc(-n2c3ccccc3c3ccc4c(c5ccccc5n4-c4ccc(-n5c6ccccc6c6ccccc65)cc4)c32)cc1. The van der Waals surface area contributed by atoms with Crippen LogP contribution in [0, 0.1) is 0 Å². The van der Waals surface area contributed by atoms with Crippen molar-refractivity contribution in [2.24, 2.45) is 0 Å². The fourth-order valence-corrected chi connectivity index (χ4v) is 16.0. The summed E-state index contributed by atoms with van der Waals surface area (Å²) in [6, 6.07) is 128. The van der Waals surface area contributed by atoms with Gasteiger partial charge in [0.2, 0.25) is 0 Å². The lowest BCUT2D eigenvalue weighted by Gasteiger charge is -2.12. The predicted molar refractivity (Wildman–Crippen MR) is 404 cm³/mol. The van der Waals surface area contributed by atoms with Gasteiger partial charge in [-0.25, -0.2) is 0 Å². The number of aromatic nitrogens is 6. The Labute approximate surface area is 552 Å². The predicted octanol–water partition coefficient (Wildman–Crippen LogP) is 23.6. The summed E-state index contributed by atoms with van der Waals surface area (Å²) in [6.07, 6.45) is 0. The first kappa shape index (κ1) is 53.7. The minimum atomic E-state index is 1.14. The fraction of sp³-hybridized carbons (Fsp3) is 0. The molecule has 0 aliphatic rings. The molecule has 0 fully saturated rings. The van der Waals surface area contributed by atoms with Crippen molar-refractivity contribution in [3.05, 3.63) is 352 Å². The van der Waals surface area contributed by atoms with Gasteiger partial charge in [0, 0.05) is 98.8 Å². The largest absolute Gasteiger partial charge is 0.309 e. The zero-order valence-electron chi connectivity index (χ0n) is 52.2. The molecule has 6 aromatic heterocycles. The lowest BCUT2D eigenvalue weighted by atomic mass is 10.1. The third-order valence-electron chi connectivity index (χ3n) is 20.1. The van der Waals surface area contributed by atoms with E-state index in [0.29, 0.717) is 0 Å². The number of hydrogen-bond donors (Lipinski definition) is 0. The van der Waals surface area contributed by atoms with E-state index in [4.69, 9.17) is 0 Å². The molecule has 0 spiro atoms. The molecule has 0 aliphatic heterocycles. The molecule has 0 N–H and O–H groups in total. The maximum atomic E-state index is 2.46. The Morgan fingerprint density at radius 3 is 0.688 bits per heavy atom. The van der Waals surface area contributed by atoms with Crippen LogP contribution in [0.5, 0.6) is 0 Å². The van der Waals surface area contributed by atoms with Crippen LogP contribution in [0.3, 0.4) is 0 Å². The van der Waals surface area contributed by atoms with Crippen LogP contribution in [0.15, 0.2) is 352 Å². The highest BCUT2D eigenvalue weighted by Crippen LogP contribution is 2.45. The quantitative estimate of drug-likeness (QED) is 0.152. The van der Waals surface area contributed by atoms with Crippen molar-refractivity contribution in [2.75, 3.05) is 0 Å². The standard InChI is InChI=1S/C48H31N3.C42H27N3/c1-2-12-32(13-3-1)33-22-24-36(25-23-33)51-44-20-10-6-16-39(44)40-30-31-46-47(48(40)51)41-17-7-11-21-45(41)50(46)35-28-26-34(27-29-35)49-42-18-8-4-14-37(42)38-15-5-9-19-43(38)49;1-2-12-28(13-3-1)45-38-20-10-6-16-33(38)34-26-27-40-41(42(34)45)35-17-7-11-21-39(35)44(40)30-24-22-29(23-25-30)43-36-18-8-4-14-31(36)32-15-5-9-19-37(32)43/h1-31H;1-27H. The van der Waals surface area contributed by atoms with Gasteiger partial charge in [0.1, 0.15) is 0 Å². The molecule has 0 unspecified atom stereocenters. The van der Waals surface area contributed by atoms with Crippen molar-refractivity contribution in [1.82, 2.24) is 27.4 Å². The molecule has 6 nitrogen and oxygen atoms in total. The van der Waals surface area contributed by atoms with Crippen LogP contribution in [-0.2, 0) is 0 Å². The van der Waals surface area contributed by atoms with Crippen LogP contribution in [0.25, 0.3) is 176 Å². The van der Waals surface area contributed by atoms with Crippen molar-refractivity contribution in [2.45, 2.75) is 0 Å². The Bertz CT molecular complexity index is 6550. The van der Waals surface area contributed by atoms with Gasteiger partial charge in [0.25, 0.3) is 0 Å². The molecule has 21 rings (SSSR count). The Balaban J connectivity index is 0.000000132. The van der Waals surface area contributed by atoms with E-state index in [0.717, 1.165) is 28.4 Å². The normalized spacial score (nSPS) is 12.0. The molecule has 96 heavy (non-hydrogen) atoms. The van der Waals surface area contributed by atoms with Crippen LogP contribution < -0.4 is 0 Å². The summed E-state index contributed by atoms with van der Waals surface area (Å²) >= 11 is 0. The number of rotatable bonds is 7. The summed E-state index contributed by atoms with van der Waals surface area (Å²) < 4.78 is 14.5. The van der Waals surface area contributed by atoms with Gasteiger partial charge in [-0.2, -0.15) is 0 Å². The molecule has 15 aromatic carbocycles. The van der Waals surface area contributed by atoms with Gasteiger partial charge in [0.05, 0.1) is 66.2 Å². The van der Waals surface area contributed by atoms with E-state index in [2.05, 4.69) is 379 Å². The highest BCUT2D eigenvalue weighted by atomic mass is 15.0. The molecule has 448 valence electrons. The highest BCUT2D eigenvalue weighted by Gasteiger charge is 2.24. The third-order valence-corrected chi connectivity index (χ3v) is 20.1. The Morgan fingerprint density at radius 2 is 0.344 bits per heavy atom. The number of benzene rings is 15. The van der Waals surface area contributed by atoms with Gasteiger partial charge < -0.3 is 27.4 Å². The van der Waals surface area contributed by atoms with E-state index in [1.165, 1.54) is 148 Å². The van der Waals surface area contributed by atoms with E-state index in [9.17, 15) is 0 Å². The minimum Gasteiger partial charge on any atom is -0.309 e. The van der Waals surface area contributed by atoms with Gasteiger partial charge in [-0.15, -0.1) is 0 Å². The number of hydrogen-bond acceptors (Lipinski definition) is 0. The van der Waals surface area contributed by atoms with Gasteiger partial charge >= 0.3 is 0 Å².